The van der Waals surface area contributed by atoms with Crippen LogP contribution in [0.3, 0.4) is 0 Å². The molecule has 124 valence electrons. The van der Waals surface area contributed by atoms with Gasteiger partial charge in [0.2, 0.25) is 0 Å². The van der Waals surface area contributed by atoms with E-state index in [1.54, 1.807) is 0 Å². The van der Waals surface area contributed by atoms with Gasteiger partial charge < -0.3 is 19.1 Å². The fourth-order valence-electron chi connectivity index (χ4n) is 2.43. The smallest absolute Gasteiger partial charge is 0.332 e. The molecule has 0 amide bonds. The van der Waals surface area contributed by atoms with E-state index in [2.05, 4.69) is 11.8 Å². The average Bonchev–Trinajstić information content (AvgIpc) is 2.50. The van der Waals surface area contributed by atoms with Crippen molar-refractivity contribution in [1.29, 1.82) is 0 Å². The number of hydrogen-bond acceptors (Lipinski definition) is 5. The van der Waals surface area contributed by atoms with Gasteiger partial charge in [-0.1, -0.05) is 13.3 Å². The number of nitrogens with zero attached hydrogens (tertiary/aromatic N) is 1. The highest BCUT2D eigenvalue weighted by atomic mass is 16.6. The molecule has 5 heteroatoms. The SMILES string of the molecule is CCCCOCCCN1CCC(OCC(=O)OCC)CC1. The van der Waals surface area contributed by atoms with Gasteiger partial charge >= 0.3 is 5.97 Å². The number of carbonyl (C=O) groups excluding carboxylic acids is 1. The molecule has 21 heavy (non-hydrogen) atoms. The number of rotatable bonds is 11. The number of hydrogen-bond donors (Lipinski definition) is 0. The van der Waals surface area contributed by atoms with Crippen molar-refractivity contribution in [3.05, 3.63) is 0 Å². The summed E-state index contributed by atoms with van der Waals surface area (Å²) in [4.78, 5) is 13.7. The van der Waals surface area contributed by atoms with Crippen molar-refractivity contribution < 1.29 is 19.0 Å². The summed E-state index contributed by atoms with van der Waals surface area (Å²) < 4.78 is 16.0. The van der Waals surface area contributed by atoms with Gasteiger partial charge in [-0.2, -0.15) is 0 Å². The molecule has 1 fully saturated rings. The molecule has 0 unspecified atom stereocenters. The van der Waals surface area contributed by atoms with E-state index < -0.39 is 0 Å². The van der Waals surface area contributed by atoms with Gasteiger partial charge in [0.25, 0.3) is 0 Å². The minimum absolute atomic E-state index is 0.0871. The summed E-state index contributed by atoms with van der Waals surface area (Å²) in [6.45, 7) is 9.42. The van der Waals surface area contributed by atoms with Crippen LogP contribution in [0.5, 0.6) is 0 Å². The highest BCUT2D eigenvalue weighted by molar-refractivity contribution is 5.70. The molecule has 1 aliphatic heterocycles. The Morgan fingerprint density at radius 2 is 1.86 bits per heavy atom. The van der Waals surface area contributed by atoms with Crippen LogP contribution in [0.25, 0.3) is 0 Å². The average molecular weight is 301 g/mol. The fourth-order valence-corrected chi connectivity index (χ4v) is 2.43. The van der Waals surface area contributed by atoms with Crippen LogP contribution in [-0.2, 0) is 19.0 Å². The van der Waals surface area contributed by atoms with Crippen molar-refractivity contribution in [2.45, 2.75) is 52.1 Å². The third kappa shape index (κ3) is 9.06. The minimum Gasteiger partial charge on any atom is -0.464 e. The summed E-state index contributed by atoms with van der Waals surface area (Å²) in [6.07, 6.45) is 5.64. The predicted octanol–water partition coefficient (Wildman–Crippen LogP) is 2.24. The predicted molar refractivity (Wildman–Crippen MR) is 82.4 cm³/mol. The van der Waals surface area contributed by atoms with E-state index in [4.69, 9.17) is 14.2 Å². The molecule has 0 atom stereocenters. The van der Waals surface area contributed by atoms with E-state index in [0.717, 1.165) is 58.5 Å². The van der Waals surface area contributed by atoms with Crippen molar-refractivity contribution in [2.75, 3.05) is 46.1 Å². The standard InChI is InChI=1S/C16H31NO4/c1-3-5-12-19-13-6-9-17-10-7-15(8-11-17)21-14-16(18)20-4-2/h15H,3-14H2,1-2H3. The first-order valence-electron chi connectivity index (χ1n) is 8.33. The summed E-state index contributed by atoms with van der Waals surface area (Å²) in [6, 6.07) is 0. The van der Waals surface area contributed by atoms with Crippen molar-refractivity contribution in [1.82, 2.24) is 4.90 Å². The molecule has 0 radical (unpaired) electrons. The maximum Gasteiger partial charge on any atom is 0.332 e. The molecule has 0 aliphatic carbocycles. The normalized spacial score (nSPS) is 17.0. The van der Waals surface area contributed by atoms with E-state index in [1.165, 1.54) is 6.42 Å². The van der Waals surface area contributed by atoms with Gasteiger partial charge in [0.05, 0.1) is 12.7 Å². The summed E-state index contributed by atoms with van der Waals surface area (Å²) >= 11 is 0. The number of likely N-dealkylation sites (tertiary alicyclic amines) is 1. The van der Waals surface area contributed by atoms with Gasteiger partial charge in [-0.25, -0.2) is 4.79 Å². The quantitative estimate of drug-likeness (QED) is 0.433. The molecule has 0 aromatic rings. The molecular weight excluding hydrogens is 270 g/mol. The molecule has 1 heterocycles. The zero-order valence-corrected chi connectivity index (χ0v) is 13.6. The Kier molecular flexibility index (Phi) is 10.5. The molecule has 0 aromatic carbocycles. The Balaban J connectivity index is 1.98. The van der Waals surface area contributed by atoms with Gasteiger partial charge in [0.1, 0.15) is 6.61 Å². The maximum atomic E-state index is 11.2. The Hall–Kier alpha value is -0.650. The Labute approximate surface area is 128 Å². The molecular formula is C16H31NO4. The second kappa shape index (κ2) is 12.0. The number of ether oxygens (including phenoxy) is 3. The van der Waals surface area contributed by atoms with Crippen LogP contribution in [-0.4, -0.2) is 63.0 Å². The van der Waals surface area contributed by atoms with Crippen LogP contribution in [0.4, 0.5) is 0 Å². The molecule has 1 aliphatic rings. The molecule has 1 rings (SSSR count). The molecule has 0 aromatic heterocycles. The third-order valence-corrected chi connectivity index (χ3v) is 3.68. The summed E-state index contributed by atoms with van der Waals surface area (Å²) in [7, 11) is 0. The van der Waals surface area contributed by atoms with Gasteiger partial charge in [0.15, 0.2) is 0 Å². The molecule has 1 saturated heterocycles. The lowest BCUT2D eigenvalue weighted by Gasteiger charge is -2.31. The van der Waals surface area contributed by atoms with Crippen molar-refractivity contribution in [2.24, 2.45) is 0 Å². The lowest BCUT2D eigenvalue weighted by molar-refractivity contribution is -0.151. The summed E-state index contributed by atoms with van der Waals surface area (Å²) in [5.74, 6) is -0.260. The number of unbranched alkanes of at least 4 members (excludes halogenated alkanes) is 1. The van der Waals surface area contributed by atoms with Crippen LogP contribution < -0.4 is 0 Å². The van der Waals surface area contributed by atoms with E-state index in [-0.39, 0.29) is 18.7 Å². The van der Waals surface area contributed by atoms with E-state index in [9.17, 15) is 4.79 Å². The van der Waals surface area contributed by atoms with Crippen LogP contribution >= 0.6 is 0 Å². The summed E-state index contributed by atoms with van der Waals surface area (Å²) in [5.41, 5.74) is 0. The zero-order valence-electron chi connectivity index (χ0n) is 13.6. The number of esters is 1. The monoisotopic (exact) mass is 301 g/mol. The second-order valence-electron chi connectivity index (χ2n) is 5.48. The second-order valence-corrected chi connectivity index (χ2v) is 5.48. The molecule has 0 saturated carbocycles. The first-order valence-corrected chi connectivity index (χ1v) is 8.33. The Bertz CT molecular complexity index is 265. The largest absolute Gasteiger partial charge is 0.464 e. The van der Waals surface area contributed by atoms with Crippen molar-refractivity contribution in [3.8, 4) is 0 Å². The van der Waals surface area contributed by atoms with Gasteiger partial charge in [-0.3, -0.25) is 0 Å². The fraction of sp³-hybridized carbons (Fsp3) is 0.938. The van der Waals surface area contributed by atoms with E-state index >= 15 is 0 Å². The lowest BCUT2D eigenvalue weighted by atomic mass is 10.1. The van der Waals surface area contributed by atoms with Gasteiger partial charge in [-0.05, 0) is 32.6 Å². The summed E-state index contributed by atoms with van der Waals surface area (Å²) in [5, 5.41) is 0. The maximum absolute atomic E-state index is 11.2. The van der Waals surface area contributed by atoms with Gasteiger partial charge in [0, 0.05) is 32.8 Å². The third-order valence-electron chi connectivity index (χ3n) is 3.68. The zero-order chi connectivity index (χ0) is 15.3. The molecule has 0 N–H and O–H groups in total. The van der Waals surface area contributed by atoms with E-state index in [1.807, 2.05) is 6.92 Å². The number of carbonyl (C=O) groups is 1. The first kappa shape index (κ1) is 18.4. The van der Waals surface area contributed by atoms with Crippen LogP contribution in [0.2, 0.25) is 0 Å². The Morgan fingerprint density at radius 1 is 1.14 bits per heavy atom. The van der Waals surface area contributed by atoms with Crippen LogP contribution in [0.1, 0.15) is 46.0 Å². The molecule has 0 spiro atoms. The highest BCUT2D eigenvalue weighted by Gasteiger charge is 2.20. The highest BCUT2D eigenvalue weighted by Crippen LogP contribution is 2.14. The van der Waals surface area contributed by atoms with Gasteiger partial charge in [-0.15, -0.1) is 0 Å². The first-order chi connectivity index (χ1) is 10.3. The topological polar surface area (TPSA) is 48.0 Å². The number of piperidine rings is 1. The van der Waals surface area contributed by atoms with Crippen LogP contribution in [0, 0.1) is 0 Å². The molecule has 0 bridgehead atoms. The minimum atomic E-state index is -0.260. The van der Waals surface area contributed by atoms with Crippen LogP contribution in [0.15, 0.2) is 0 Å². The lowest BCUT2D eigenvalue weighted by Crippen LogP contribution is -2.38. The van der Waals surface area contributed by atoms with Crippen molar-refractivity contribution in [3.63, 3.8) is 0 Å². The Morgan fingerprint density at radius 3 is 2.52 bits per heavy atom. The van der Waals surface area contributed by atoms with Crippen molar-refractivity contribution >= 4 is 5.97 Å². The molecule has 5 nitrogen and oxygen atoms in total. The van der Waals surface area contributed by atoms with E-state index in [0.29, 0.717) is 6.61 Å².